The summed E-state index contributed by atoms with van der Waals surface area (Å²) in [6, 6.07) is 1.97. The summed E-state index contributed by atoms with van der Waals surface area (Å²) in [5.74, 6) is 1.82. The van der Waals surface area contributed by atoms with Gasteiger partial charge in [0.1, 0.15) is 18.0 Å². The highest BCUT2D eigenvalue weighted by atomic mass is 16.5. The Labute approximate surface area is 95.8 Å². The summed E-state index contributed by atoms with van der Waals surface area (Å²) in [6.45, 7) is 4.81. The fourth-order valence-electron chi connectivity index (χ4n) is 1.86. The van der Waals surface area contributed by atoms with Crippen molar-refractivity contribution in [3.8, 4) is 0 Å². The van der Waals surface area contributed by atoms with Crippen LogP contribution in [0.5, 0.6) is 0 Å². The highest BCUT2D eigenvalue weighted by molar-refractivity contribution is 5.48. The standard InChI is InChI=1S/C11H18N4O/c1-9-7-15(4-3-5-16-9)11-6-10(12-2)13-8-14-11/h6,8-9H,3-5,7H2,1-2H3,(H,12,13,14). The fourth-order valence-corrected chi connectivity index (χ4v) is 1.86. The van der Waals surface area contributed by atoms with Crippen molar-refractivity contribution in [2.45, 2.75) is 19.4 Å². The lowest BCUT2D eigenvalue weighted by Gasteiger charge is -2.23. The van der Waals surface area contributed by atoms with Crippen LogP contribution >= 0.6 is 0 Å². The number of nitrogens with one attached hydrogen (secondary N) is 1. The van der Waals surface area contributed by atoms with Gasteiger partial charge in [-0.3, -0.25) is 0 Å². The summed E-state index contributed by atoms with van der Waals surface area (Å²) in [6.07, 6.45) is 2.90. The predicted molar refractivity (Wildman–Crippen MR) is 63.8 cm³/mol. The van der Waals surface area contributed by atoms with E-state index in [1.165, 1.54) is 0 Å². The maximum Gasteiger partial charge on any atom is 0.134 e. The Morgan fingerprint density at radius 3 is 3.19 bits per heavy atom. The Balaban J connectivity index is 2.14. The molecule has 0 amide bonds. The Kier molecular flexibility index (Phi) is 3.56. The molecule has 1 N–H and O–H groups in total. The first-order chi connectivity index (χ1) is 7.79. The van der Waals surface area contributed by atoms with Crippen LogP contribution in [0.4, 0.5) is 11.6 Å². The van der Waals surface area contributed by atoms with Crippen molar-refractivity contribution in [2.24, 2.45) is 0 Å². The first kappa shape index (κ1) is 11.1. The van der Waals surface area contributed by atoms with Crippen LogP contribution in [0.1, 0.15) is 13.3 Å². The van der Waals surface area contributed by atoms with Crippen molar-refractivity contribution in [3.05, 3.63) is 12.4 Å². The second kappa shape index (κ2) is 5.12. The molecule has 1 aliphatic heterocycles. The third-order valence-electron chi connectivity index (χ3n) is 2.69. The Morgan fingerprint density at radius 2 is 2.38 bits per heavy atom. The number of ether oxygens (including phenoxy) is 1. The highest BCUT2D eigenvalue weighted by Gasteiger charge is 2.16. The van der Waals surface area contributed by atoms with E-state index in [9.17, 15) is 0 Å². The minimum atomic E-state index is 0.260. The molecule has 2 heterocycles. The van der Waals surface area contributed by atoms with Crippen molar-refractivity contribution < 1.29 is 4.74 Å². The minimum absolute atomic E-state index is 0.260. The molecule has 16 heavy (non-hydrogen) atoms. The summed E-state index contributed by atoms with van der Waals surface area (Å²) in [5.41, 5.74) is 0. The van der Waals surface area contributed by atoms with Crippen molar-refractivity contribution in [2.75, 3.05) is 37.0 Å². The lowest BCUT2D eigenvalue weighted by Crippen LogP contribution is -2.30. The van der Waals surface area contributed by atoms with Gasteiger partial charge < -0.3 is 15.0 Å². The fraction of sp³-hybridized carbons (Fsp3) is 0.636. The molecule has 1 saturated heterocycles. The maximum atomic E-state index is 5.61. The highest BCUT2D eigenvalue weighted by Crippen LogP contribution is 2.16. The van der Waals surface area contributed by atoms with E-state index < -0.39 is 0 Å². The van der Waals surface area contributed by atoms with Crippen LogP contribution in [0.15, 0.2) is 12.4 Å². The smallest absolute Gasteiger partial charge is 0.134 e. The van der Waals surface area contributed by atoms with Crippen molar-refractivity contribution >= 4 is 11.6 Å². The third kappa shape index (κ3) is 2.61. The van der Waals surface area contributed by atoms with E-state index in [4.69, 9.17) is 4.74 Å². The SMILES string of the molecule is CNc1cc(N2CCCOC(C)C2)ncn1. The van der Waals surface area contributed by atoms with Crippen molar-refractivity contribution in [1.82, 2.24) is 9.97 Å². The number of hydrogen-bond acceptors (Lipinski definition) is 5. The van der Waals surface area contributed by atoms with Gasteiger partial charge in [-0.15, -0.1) is 0 Å². The van der Waals surface area contributed by atoms with E-state index in [2.05, 4.69) is 27.1 Å². The average molecular weight is 222 g/mol. The molecule has 1 fully saturated rings. The predicted octanol–water partition coefficient (Wildman–Crippen LogP) is 1.13. The molecule has 0 spiro atoms. The summed E-state index contributed by atoms with van der Waals surface area (Å²) in [4.78, 5) is 10.7. The summed E-state index contributed by atoms with van der Waals surface area (Å²) < 4.78 is 5.61. The van der Waals surface area contributed by atoms with Crippen LogP contribution in [0.3, 0.4) is 0 Å². The number of aromatic nitrogens is 2. The third-order valence-corrected chi connectivity index (χ3v) is 2.69. The van der Waals surface area contributed by atoms with Gasteiger partial charge in [-0.2, -0.15) is 0 Å². The van der Waals surface area contributed by atoms with Gasteiger partial charge in [-0.1, -0.05) is 0 Å². The van der Waals surface area contributed by atoms with Crippen LogP contribution < -0.4 is 10.2 Å². The molecule has 5 nitrogen and oxygen atoms in total. The van der Waals surface area contributed by atoms with Crippen LogP contribution in [-0.4, -0.2) is 42.8 Å². The van der Waals surface area contributed by atoms with Gasteiger partial charge in [0.05, 0.1) is 6.10 Å². The Bertz CT molecular complexity index is 345. The molecule has 0 aromatic carbocycles. The molecule has 1 aromatic heterocycles. The first-order valence-electron chi connectivity index (χ1n) is 5.66. The zero-order chi connectivity index (χ0) is 11.4. The van der Waals surface area contributed by atoms with Gasteiger partial charge in [0, 0.05) is 32.8 Å². The van der Waals surface area contributed by atoms with E-state index in [-0.39, 0.29) is 6.10 Å². The monoisotopic (exact) mass is 222 g/mol. The van der Waals surface area contributed by atoms with E-state index in [1.54, 1.807) is 6.33 Å². The number of hydrogen-bond donors (Lipinski definition) is 1. The number of rotatable bonds is 2. The molecular formula is C11H18N4O. The Morgan fingerprint density at radius 1 is 1.50 bits per heavy atom. The lowest BCUT2D eigenvalue weighted by molar-refractivity contribution is 0.0820. The van der Waals surface area contributed by atoms with Gasteiger partial charge in [-0.25, -0.2) is 9.97 Å². The average Bonchev–Trinajstić information content (AvgIpc) is 2.54. The lowest BCUT2D eigenvalue weighted by atomic mass is 10.3. The summed E-state index contributed by atoms with van der Waals surface area (Å²) in [5, 5.41) is 3.02. The van der Waals surface area contributed by atoms with Crippen LogP contribution in [0.2, 0.25) is 0 Å². The molecule has 0 bridgehead atoms. The normalized spacial score (nSPS) is 21.6. The Hall–Kier alpha value is -1.36. The molecule has 1 unspecified atom stereocenters. The molecule has 0 aliphatic carbocycles. The first-order valence-corrected chi connectivity index (χ1v) is 5.66. The van der Waals surface area contributed by atoms with E-state index in [1.807, 2.05) is 13.1 Å². The zero-order valence-corrected chi connectivity index (χ0v) is 9.81. The van der Waals surface area contributed by atoms with Gasteiger partial charge in [0.15, 0.2) is 0 Å². The number of nitrogens with zero attached hydrogens (tertiary/aromatic N) is 3. The molecule has 0 radical (unpaired) electrons. The quantitative estimate of drug-likeness (QED) is 0.813. The van der Waals surface area contributed by atoms with E-state index >= 15 is 0 Å². The van der Waals surface area contributed by atoms with Crippen molar-refractivity contribution in [1.29, 1.82) is 0 Å². The molecular weight excluding hydrogens is 204 g/mol. The van der Waals surface area contributed by atoms with Crippen LogP contribution in [0, 0.1) is 0 Å². The van der Waals surface area contributed by atoms with Gasteiger partial charge in [-0.05, 0) is 13.3 Å². The second-order valence-electron chi connectivity index (χ2n) is 3.99. The second-order valence-corrected chi connectivity index (χ2v) is 3.99. The zero-order valence-electron chi connectivity index (χ0n) is 9.81. The molecule has 88 valence electrons. The van der Waals surface area contributed by atoms with Gasteiger partial charge >= 0.3 is 0 Å². The number of anilines is 2. The molecule has 1 aromatic rings. The van der Waals surface area contributed by atoms with E-state index in [0.717, 1.165) is 37.8 Å². The molecule has 5 heteroatoms. The van der Waals surface area contributed by atoms with E-state index in [0.29, 0.717) is 0 Å². The van der Waals surface area contributed by atoms with Crippen LogP contribution in [-0.2, 0) is 4.74 Å². The topological polar surface area (TPSA) is 50.3 Å². The van der Waals surface area contributed by atoms with Gasteiger partial charge in [0.2, 0.25) is 0 Å². The maximum absolute atomic E-state index is 5.61. The summed E-state index contributed by atoms with van der Waals surface area (Å²) >= 11 is 0. The molecule has 1 atom stereocenters. The summed E-state index contributed by atoms with van der Waals surface area (Å²) in [7, 11) is 1.86. The molecule has 2 rings (SSSR count). The largest absolute Gasteiger partial charge is 0.377 e. The minimum Gasteiger partial charge on any atom is -0.377 e. The van der Waals surface area contributed by atoms with Crippen LogP contribution in [0.25, 0.3) is 0 Å². The van der Waals surface area contributed by atoms with Crippen molar-refractivity contribution in [3.63, 3.8) is 0 Å². The molecule has 1 aliphatic rings. The molecule has 0 saturated carbocycles. The van der Waals surface area contributed by atoms with Gasteiger partial charge in [0.25, 0.3) is 0 Å².